The van der Waals surface area contributed by atoms with Gasteiger partial charge in [0.05, 0.1) is 30.1 Å². The van der Waals surface area contributed by atoms with Crippen LogP contribution in [0.2, 0.25) is 0 Å². The van der Waals surface area contributed by atoms with Crippen molar-refractivity contribution in [3.63, 3.8) is 0 Å². The molecule has 3 fully saturated rings. The first-order valence-electron chi connectivity index (χ1n) is 12.2. The van der Waals surface area contributed by atoms with Gasteiger partial charge in [0.15, 0.2) is 0 Å². The zero-order valence-corrected chi connectivity index (χ0v) is 20.9. The second kappa shape index (κ2) is 8.75. The third kappa shape index (κ3) is 3.87. The molecule has 3 aliphatic rings. The van der Waals surface area contributed by atoms with E-state index >= 15 is 0 Å². The summed E-state index contributed by atoms with van der Waals surface area (Å²) in [5.74, 6) is -3.87. The molecule has 3 aliphatic heterocycles. The lowest BCUT2D eigenvalue weighted by Gasteiger charge is -2.43. The molecule has 8 heteroatoms. The van der Waals surface area contributed by atoms with E-state index in [4.69, 9.17) is 4.74 Å². The van der Waals surface area contributed by atoms with Gasteiger partial charge in [-0.3, -0.25) is 14.4 Å². The summed E-state index contributed by atoms with van der Waals surface area (Å²) in [7, 11) is 0. The third-order valence-corrected chi connectivity index (χ3v) is 8.02. The molecule has 2 N–H and O–H groups in total. The molecular formula is C27H36N2O6. The fourth-order valence-corrected chi connectivity index (χ4v) is 6.52. The van der Waals surface area contributed by atoms with Crippen LogP contribution in [0.15, 0.2) is 43.0 Å². The summed E-state index contributed by atoms with van der Waals surface area (Å²) in [6.45, 7) is 11.2. The van der Waals surface area contributed by atoms with Crippen LogP contribution in [0.4, 0.5) is 0 Å². The number of fused-ring (bicyclic) bond motifs is 1. The molecule has 3 heterocycles. The Balaban J connectivity index is 1.84. The summed E-state index contributed by atoms with van der Waals surface area (Å²) in [6.07, 6.45) is 2.83. The molecule has 2 unspecified atom stereocenters. The predicted molar refractivity (Wildman–Crippen MR) is 129 cm³/mol. The smallest absolute Gasteiger partial charge is 0.310 e. The molecule has 1 aromatic carbocycles. The lowest BCUT2D eigenvalue weighted by Crippen LogP contribution is -2.62. The number of ether oxygens (including phenoxy) is 1. The van der Waals surface area contributed by atoms with Gasteiger partial charge in [0.25, 0.3) is 0 Å². The number of hydrogen-bond donors (Lipinski definition) is 2. The Morgan fingerprint density at radius 2 is 1.94 bits per heavy atom. The maximum atomic E-state index is 14.3. The van der Waals surface area contributed by atoms with Crippen molar-refractivity contribution in [3.8, 4) is 0 Å². The molecule has 0 radical (unpaired) electrons. The monoisotopic (exact) mass is 484 g/mol. The minimum atomic E-state index is -1.25. The predicted octanol–water partition coefficient (Wildman–Crippen LogP) is 2.25. The lowest BCUT2D eigenvalue weighted by atomic mass is 9.66. The van der Waals surface area contributed by atoms with Gasteiger partial charge in [0.1, 0.15) is 11.6 Å². The molecule has 3 saturated heterocycles. The van der Waals surface area contributed by atoms with Gasteiger partial charge >= 0.3 is 5.97 Å². The highest BCUT2D eigenvalue weighted by molar-refractivity contribution is 5.98. The van der Waals surface area contributed by atoms with Crippen LogP contribution in [0.25, 0.3) is 0 Å². The van der Waals surface area contributed by atoms with Crippen LogP contribution >= 0.6 is 0 Å². The van der Waals surface area contributed by atoms with Crippen molar-refractivity contribution < 1.29 is 29.3 Å². The number of rotatable bonds is 8. The lowest BCUT2D eigenvalue weighted by molar-refractivity contribution is -0.160. The Kier molecular flexibility index (Phi) is 6.34. The van der Waals surface area contributed by atoms with Gasteiger partial charge in [-0.2, -0.15) is 0 Å². The Bertz CT molecular complexity index is 1020. The van der Waals surface area contributed by atoms with Crippen molar-refractivity contribution in [1.29, 1.82) is 0 Å². The normalized spacial score (nSPS) is 32.4. The van der Waals surface area contributed by atoms with E-state index in [0.717, 1.165) is 5.56 Å². The molecule has 0 aliphatic carbocycles. The van der Waals surface area contributed by atoms with Crippen LogP contribution in [0.1, 0.15) is 46.1 Å². The SMILES string of the molecule is C=CCN(C(=O)C1N([C@@H](CO)Cc2ccccc2)C(=O)[C@@H]2[C@@H](C(=O)O)[C@@]3(C)CCC12O3)C(C)(C)C. The van der Waals surface area contributed by atoms with E-state index < -0.39 is 52.5 Å². The van der Waals surface area contributed by atoms with E-state index in [0.29, 0.717) is 19.3 Å². The van der Waals surface area contributed by atoms with Crippen molar-refractivity contribution >= 4 is 17.8 Å². The van der Waals surface area contributed by atoms with E-state index in [-0.39, 0.29) is 19.1 Å². The van der Waals surface area contributed by atoms with E-state index in [2.05, 4.69) is 6.58 Å². The summed E-state index contributed by atoms with van der Waals surface area (Å²) in [5, 5.41) is 20.5. The molecule has 8 nitrogen and oxygen atoms in total. The van der Waals surface area contributed by atoms with Crippen LogP contribution in [0, 0.1) is 11.8 Å². The fourth-order valence-electron chi connectivity index (χ4n) is 6.52. The van der Waals surface area contributed by atoms with Gasteiger partial charge in [0, 0.05) is 12.1 Å². The van der Waals surface area contributed by atoms with Crippen molar-refractivity contribution in [2.75, 3.05) is 13.2 Å². The maximum absolute atomic E-state index is 14.3. The molecule has 0 saturated carbocycles. The van der Waals surface area contributed by atoms with Crippen molar-refractivity contribution in [1.82, 2.24) is 9.80 Å². The minimum absolute atomic E-state index is 0.268. The number of carbonyl (C=O) groups excluding carboxylic acids is 2. The van der Waals surface area contributed by atoms with Gasteiger partial charge in [-0.05, 0) is 52.5 Å². The van der Waals surface area contributed by atoms with E-state index in [1.165, 1.54) is 4.90 Å². The highest BCUT2D eigenvalue weighted by Crippen LogP contribution is 2.63. The average molecular weight is 485 g/mol. The van der Waals surface area contributed by atoms with Crippen molar-refractivity contribution in [3.05, 3.63) is 48.6 Å². The van der Waals surface area contributed by atoms with Gasteiger partial charge < -0.3 is 24.7 Å². The number of hydrogen-bond acceptors (Lipinski definition) is 5. The van der Waals surface area contributed by atoms with Gasteiger partial charge in [-0.25, -0.2) is 0 Å². The molecule has 1 aromatic rings. The molecule has 6 atom stereocenters. The van der Waals surface area contributed by atoms with Crippen LogP contribution in [0.3, 0.4) is 0 Å². The number of benzene rings is 1. The van der Waals surface area contributed by atoms with Crippen molar-refractivity contribution in [2.24, 2.45) is 11.8 Å². The Labute approximate surface area is 206 Å². The summed E-state index contributed by atoms with van der Waals surface area (Å²) in [5.41, 5.74) is -1.93. The second-order valence-electron chi connectivity index (χ2n) is 11.2. The van der Waals surface area contributed by atoms with Crippen LogP contribution < -0.4 is 0 Å². The van der Waals surface area contributed by atoms with Crippen molar-refractivity contribution in [2.45, 2.75) is 75.8 Å². The molecule has 35 heavy (non-hydrogen) atoms. The number of carbonyl (C=O) groups is 3. The first-order chi connectivity index (χ1) is 16.4. The number of aliphatic hydroxyl groups is 1. The first-order valence-corrected chi connectivity index (χ1v) is 12.2. The number of amides is 2. The topological polar surface area (TPSA) is 107 Å². The summed E-state index contributed by atoms with van der Waals surface area (Å²) < 4.78 is 6.47. The van der Waals surface area contributed by atoms with Gasteiger partial charge in [-0.1, -0.05) is 36.4 Å². The van der Waals surface area contributed by atoms with E-state index in [9.17, 15) is 24.6 Å². The van der Waals surface area contributed by atoms with E-state index in [1.807, 2.05) is 51.1 Å². The Hall–Kier alpha value is -2.71. The summed E-state index contributed by atoms with van der Waals surface area (Å²) in [4.78, 5) is 43.8. The minimum Gasteiger partial charge on any atom is -0.481 e. The highest BCUT2D eigenvalue weighted by Gasteiger charge is 2.79. The highest BCUT2D eigenvalue weighted by atomic mass is 16.5. The third-order valence-electron chi connectivity index (χ3n) is 8.02. The zero-order chi connectivity index (χ0) is 25.8. The van der Waals surface area contributed by atoms with Crippen LogP contribution in [-0.2, 0) is 25.5 Å². The molecule has 2 amide bonds. The molecular weight excluding hydrogens is 448 g/mol. The molecule has 2 bridgehead atoms. The Morgan fingerprint density at radius 1 is 1.29 bits per heavy atom. The van der Waals surface area contributed by atoms with Crippen LogP contribution in [0.5, 0.6) is 0 Å². The summed E-state index contributed by atoms with van der Waals surface area (Å²) >= 11 is 0. The molecule has 190 valence electrons. The van der Waals surface area contributed by atoms with Gasteiger partial charge in [-0.15, -0.1) is 6.58 Å². The number of likely N-dealkylation sites (tertiary alicyclic amines) is 1. The van der Waals surface area contributed by atoms with Crippen LogP contribution in [-0.4, -0.2) is 79.8 Å². The number of aliphatic hydroxyl groups excluding tert-OH is 1. The number of nitrogens with zero attached hydrogens (tertiary/aromatic N) is 2. The number of aliphatic carboxylic acids is 1. The molecule has 0 aromatic heterocycles. The van der Waals surface area contributed by atoms with Gasteiger partial charge in [0.2, 0.25) is 11.8 Å². The quantitative estimate of drug-likeness (QED) is 0.548. The first kappa shape index (κ1) is 25.4. The zero-order valence-electron chi connectivity index (χ0n) is 20.9. The number of carboxylic acid groups (broad SMARTS) is 1. The molecule has 4 rings (SSSR count). The number of carboxylic acids is 1. The maximum Gasteiger partial charge on any atom is 0.310 e. The average Bonchev–Trinajstić information content (AvgIpc) is 3.36. The largest absolute Gasteiger partial charge is 0.481 e. The Morgan fingerprint density at radius 3 is 2.49 bits per heavy atom. The summed E-state index contributed by atoms with van der Waals surface area (Å²) in [6, 6.07) is 7.71. The second-order valence-corrected chi connectivity index (χ2v) is 11.2. The fraction of sp³-hybridized carbons (Fsp3) is 0.593. The van der Waals surface area contributed by atoms with E-state index in [1.54, 1.807) is 17.9 Å². The molecule has 1 spiro atoms. The standard InChI is InChI=1S/C27H36N2O6/c1-6-14-28(25(2,3)4)23(32)21-27-13-12-26(5,35-27)20(24(33)34)19(27)22(31)29(21)18(16-30)15-17-10-8-7-9-11-17/h6-11,18-21,30H,1,12-16H2,2-5H3,(H,33,34)/t18-,19+,20+,21?,26-,27?/m1/s1.